The molecule has 3 rings (SSSR count). The van der Waals surface area contributed by atoms with Gasteiger partial charge in [0.1, 0.15) is 11.5 Å². The SMILES string of the molecule is CCOc1ccc(N=C2S/C(=C\c3ccc(Br)o3)C(=O)N2CC)cc1. The average Bonchev–Trinajstić information content (AvgIpc) is 3.13. The van der Waals surface area contributed by atoms with Crippen molar-refractivity contribution < 1.29 is 13.9 Å². The molecule has 0 atom stereocenters. The summed E-state index contributed by atoms with van der Waals surface area (Å²) in [5.41, 5.74) is 0.777. The van der Waals surface area contributed by atoms with Crippen LogP contribution in [0.4, 0.5) is 5.69 Å². The molecule has 2 aromatic rings. The van der Waals surface area contributed by atoms with Crippen molar-refractivity contribution in [2.24, 2.45) is 4.99 Å². The number of likely N-dealkylation sites (N-methyl/N-ethyl adjacent to an activating group) is 1. The molecule has 0 bridgehead atoms. The standard InChI is InChI=1S/C18H17BrN2O3S/c1-3-21-17(22)15(11-14-9-10-16(19)24-14)25-18(21)20-12-5-7-13(8-6-12)23-4-2/h5-11H,3-4H2,1-2H3/b15-11-,20-18?. The number of thioether (sulfide) groups is 1. The number of rotatable bonds is 5. The van der Waals surface area contributed by atoms with Crippen LogP contribution in [0.25, 0.3) is 6.08 Å². The quantitative estimate of drug-likeness (QED) is 0.633. The fourth-order valence-corrected chi connectivity index (χ4v) is 3.66. The smallest absolute Gasteiger partial charge is 0.266 e. The summed E-state index contributed by atoms with van der Waals surface area (Å²) >= 11 is 4.61. The molecule has 2 heterocycles. The van der Waals surface area contributed by atoms with Crippen LogP contribution in [0.2, 0.25) is 0 Å². The zero-order chi connectivity index (χ0) is 17.8. The van der Waals surface area contributed by atoms with Crippen molar-refractivity contribution in [3.8, 4) is 5.75 Å². The number of hydrogen-bond acceptors (Lipinski definition) is 5. The first-order valence-electron chi connectivity index (χ1n) is 7.89. The Bertz CT molecular complexity index is 827. The lowest BCUT2D eigenvalue weighted by molar-refractivity contribution is -0.122. The first-order valence-corrected chi connectivity index (χ1v) is 9.50. The molecule has 130 valence electrons. The molecule has 0 N–H and O–H groups in total. The summed E-state index contributed by atoms with van der Waals surface area (Å²) in [6.45, 7) is 5.05. The molecule has 1 aliphatic rings. The number of nitrogens with zero attached hydrogens (tertiary/aromatic N) is 2. The van der Waals surface area contributed by atoms with Gasteiger partial charge in [0, 0.05) is 12.6 Å². The summed E-state index contributed by atoms with van der Waals surface area (Å²) in [5, 5.41) is 0.661. The molecule has 1 fully saturated rings. The molecule has 7 heteroatoms. The molecule has 0 aliphatic carbocycles. The van der Waals surface area contributed by atoms with Crippen molar-refractivity contribution in [3.05, 3.63) is 51.7 Å². The molecule has 25 heavy (non-hydrogen) atoms. The van der Waals surface area contributed by atoms with Crippen molar-refractivity contribution in [2.75, 3.05) is 13.2 Å². The molecule has 0 radical (unpaired) electrons. The maximum absolute atomic E-state index is 12.6. The zero-order valence-electron chi connectivity index (χ0n) is 13.9. The van der Waals surface area contributed by atoms with Gasteiger partial charge in [-0.25, -0.2) is 4.99 Å². The molecule has 1 saturated heterocycles. The van der Waals surface area contributed by atoms with Crippen LogP contribution in [0.5, 0.6) is 5.75 Å². The lowest BCUT2D eigenvalue weighted by Gasteiger charge is -2.12. The molecular formula is C18H17BrN2O3S. The van der Waals surface area contributed by atoms with Crippen molar-refractivity contribution >= 4 is 50.5 Å². The van der Waals surface area contributed by atoms with E-state index in [2.05, 4.69) is 20.9 Å². The number of carbonyl (C=O) groups is 1. The van der Waals surface area contributed by atoms with Crippen LogP contribution in [0, 0.1) is 0 Å². The Morgan fingerprint density at radius 2 is 2.00 bits per heavy atom. The predicted octanol–water partition coefficient (Wildman–Crippen LogP) is 5.06. The minimum atomic E-state index is -0.0651. The van der Waals surface area contributed by atoms with E-state index in [1.54, 1.807) is 17.0 Å². The molecule has 0 saturated carbocycles. The fourth-order valence-electron chi connectivity index (χ4n) is 2.30. The summed E-state index contributed by atoms with van der Waals surface area (Å²) in [6, 6.07) is 11.1. The maximum Gasteiger partial charge on any atom is 0.266 e. The monoisotopic (exact) mass is 420 g/mol. The molecular weight excluding hydrogens is 404 g/mol. The Morgan fingerprint density at radius 3 is 2.60 bits per heavy atom. The topological polar surface area (TPSA) is 55.0 Å². The normalized spacial score (nSPS) is 17.7. The van der Waals surface area contributed by atoms with E-state index in [-0.39, 0.29) is 5.91 Å². The summed E-state index contributed by atoms with van der Waals surface area (Å²) in [4.78, 5) is 19.4. The number of benzene rings is 1. The Balaban J connectivity index is 1.85. The van der Waals surface area contributed by atoms with E-state index in [0.717, 1.165) is 11.4 Å². The van der Waals surface area contributed by atoms with E-state index in [9.17, 15) is 4.79 Å². The highest BCUT2D eigenvalue weighted by molar-refractivity contribution is 9.10. The average molecular weight is 421 g/mol. The van der Waals surface area contributed by atoms with Crippen molar-refractivity contribution in [3.63, 3.8) is 0 Å². The van der Waals surface area contributed by atoms with Crippen LogP contribution in [0.1, 0.15) is 19.6 Å². The number of amides is 1. The minimum Gasteiger partial charge on any atom is -0.494 e. The van der Waals surface area contributed by atoms with E-state index in [4.69, 9.17) is 9.15 Å². The van der Waals surface area contributed by atoms with Gasteiger partial charge in [0.2, 0.25) is 0 Å². The highest BCUT2D eigenvalue weighted by atomic mass is 79.9. The van der Waals surface area contributed by atoms with Gasteiger partial charge in [-0.2, -0.15) is 0 Å². The largest absolute Gasteiger partial charge is 0.494 e. The predicted molar refractivity (Wildman–Crippen MR) is 104 cm³/mol. The second-order valence-electron chi connectivity index (χ2n) is 5.12. The molecule has 0 spiro atoms. The molecule has 1 amide bonds. The maximum atomic E-state index is 12.6. The van der Waals surface area contributed by atoms with Crippen LogP contribution in [0.3, 0.4) is 0 Å². The van der Waals surface area contributed by atoms with Gasteiger partial charge in [0.05, 0.1) is 17.2 Å². The van der Waals surface area contributed by atoms with Crippen LogP contribution < -0.4 is 4.74 Å². The van der Waals surface area contributed by atoms with Gasteiger partial charge in [0.15, 0.2) is 9.84 Å². The van der Waals surface area contributed by atoms with E-state index < -0.39 is 0 Å². The Hall–Kier alpha value is -1.99. The number of furan rings is 1. The zero-order valence-corrected chi connectivity index (χ0v) is 16.3. The molecule has 5 nitrogen and oxygen atoms in total. The van der Waals surface area contributed by atoms with Gasteiger partial charge in [0.25, 0.3) is 5.91 Å². The second kappa shape index (κ2) is 7.93. The van der Waals surface area contributed by atoms with Gasteiger partial charge < -0.3 is 9.15 Å². The third-order valence-corrected chi connectivity index (χ3v) is 4.88. The van der Waals surface area contributed by atoms with Crippen LogP contribution in [0.15, 0.2) is 55.4 Å². The first-order chi connectivity index (χ1) is 12.1. The number of carbonyl (C=O) groups excluding carboxylic acids is 1. The summed E-state index contributed by atoms with van der Waals surface area (Å²) in [6.07, 6.45) is 1.74. The molecule has 1 aromatic heterocycles. The van der Waals surface area contributed by atoms with Crippen molar-refractivity contribution in [1.29, 1.82) is 0 Å². The third-order valence-electron chi connectivity index (χ3n) is 3.44. The second-order valence-corrected chi connectivity index (χ2v) is 6.91. The first kappa shape index (κ1) is 17.8. The van der Waals surface area contributed by atoms with E-state index in [1.165, 1.54) is 11.8 Å². The van der Waals surface area contributed by atoms with E-state index >= 15 is 0 Å². The van der Waals surface area contributed by atoms with E-state index in [0.29, 0.717) is 33.7 Å². The minimum absolute atomic E-state index is 0.0651. The van der Waals surface area contributed by atoms with Gasteiger partial charge in [-0.05, 0) is 77.9 Å². The van der Waals surface area contributed by atoms with Crippen LogP contribution in [-0.4, -0.2) is 29.1 Å². The number of ether oxygens (including phenoxy) is 1. The lowest BCUT2D eigenvalue weighted by atomic mass is 10.3. The Kier molecular flexibility index (Phi) is 5.65. The van der Waals surface area contributed by atoms with E-state index in [1.807, 2.05) is 44.2 Å². The van der Waals surface area contributed by atoms with Crippen LogP contribution >= 0.6 is 27.7 Å². The van der Waals surface area contributed by atoms with Crippen LogP contribution in [-0.2, 0) is 4.79 Å². The highest BCUT2D eigenvalue weighted by Gasteiger charge is 2.32. The number of amidine groups is 1. The number of halogens is 1. The van der Waals surface area contributed by atoms with Gasteiger partial charge in [-0.15, -0.1) is 0 Å². The fraction of sp³-hybridized carbons (Fsp3) is 0.222. The molecule has 1 aliphatic heterocycles. The van der Waals surface area contributed by atoms with Gasteiger partial charge in [-0.3, -0.25) is 9.69 Å². The summed E-state index contributed by atoms with van der Waals surface area (Å²) < 4.78 is 11.5. The lowest BCUT2D eigenvalue weighted by Crippen LogP contribution is -2.28. The van der Waals surface area contributed by atoms with Gasteiger partial charge in [-0.1, -0.05) is 0 Å². The number of aliphatic imine (C=N–C) groups is 1. The molecule has 1 aromatic carbocycles. The number of hydrogen-bond donors (Lipinski definition) is 0. The van der Waals surface area contributed by atoms with Gasteiger partial charge >= 0.3 is 0 Å². The van der Waals surface area contributed by atoms with Crippen molar-refractivity contribution in [1.82, 2.24) is 4.90 Å². The Labute approximate surface area is 158 Å². The third kappa shape index (κ3) is 4.16. The highest BCUT2D eigenvalue weighted by Crippen LogP contribution is 2.34. The Morgan fingerprint density at radius 1 is 1.24 bits per heavy atom. The van der Waals surface area contributed by atoms with Crippen molar-refractivity contribution in [2.45, 2.75) is 13.8 Å². The molecule has 0 unspecified atom stereocenters. The summed E-state index contributed by atoms with van der Waals surface area (Å²) in [5.74, 6) is 1.36. The summed E-state index contributed by atoms with van der Waals surface area (Å²) in [7, 11) is 0.